The molecule has 1 aromatic rings. The Morgan fingerprint density at radius 3 is 2.78 bits per heavy atom. The molecule has 0 spiro atoms. The molecule has 1 saturated heterocycles. The van der Waals surface area contributed by atoms with E-state index in [0.717, 1.165) is 37.2 Å². The number of pyridine rings is 1. The summed E-state index contributed by atoms with van der Waals surface area (Å²) in [7, 11) is 1.59. The molecule has 2 saturated carbocycles. The second kappa shape index (κ2) is 6.48. The van der Waals surface area contributed by atoms with Crippen LogP contribution in [0, 0.1) is 17.8 Å². The number of rotatable bonds is 5. The van der Waals surface area contributed by atoms with Crippen molar-refractivity contribution < 1.29 is 14.3 Å². The van der Waals surface area contributed by atoms with Gasteiger partial charge in [-0.15, -0.1) is 0 Å². The lowest BCUT2D eigenvalue weighted by Gasteiger charge is -2.22. The van der Waals surface area contributed by atoms with Gasteiger partial charge in [0.05, 0.1) is 24.9 Å². The van der Waals surface area contributed by atoms with Crippen LogP contribution in [0.5, 0.6) is 5.88 Å². The molecule has 5 rings (SSSR count). The Kier molecular flexibility index (Phi) is 4.07. The van der Waals surface area contributed by atoms with Crippen LogP contribution in [-0.2, 0) is 17.9 Å². The Bertz CT molecular complexity index is 780. The third-order valence-corrected chi connectivity index (χ3v) is 6.76. The van der Waals surface area contributed by atoms with Gasteiger partial charge in [-0.25, -0.2) is 4.98 Å². The molecule has 2 aliphatic carbocycles. The van der Waals surface area contributed by atoms with E-state index in [1.807, 2.05) is 11.0 Å². The Hall–Kier alpha value is -2.15. The first-order valence-corrected chi connectivity index (χ1v) is 10.0. The standard InChI is InChI=1S/C20H26N4O3/c1-27-19-11(7-22-18(25)17-14-8-21-9-15(14)17)6-13-16(23-19)10-24(20(13)26)12-4-2-3-5-12/h6,12,14-15,17,21H,2-5,7-10H2,1H3,(H,22,25)/t14-,15+,17?. The van der Waals surface area contributed by atoms with Crippen LogP contribution in [0.25, 0.3) is 0 Å². The van der Waals surface area contributed by atoms with Crippen molar-refractivity contribution in [3.8, 4) is 5.88 Å². The van der Waals surface area contributed by atoms with Crippen molar-refractivity contribution in [2.45, 2.75) is 44.8 Å². The van der Waals surface area contributed by atoms with Crippen LogP contribution in [0.15, 0.2) is 6.07 Å². The van der Waals surface area contributed by atoms with E-state index in [9.17, 15) is 9.59 Å². The molecule has 3 fully saturated rings. The van der Waals surface area contributed by atoms with Gasteiger partial charge in [0.1, 0.15) is 0 Å². The minimum absolute atomic E-state index is 0.0717. The lowest BCUT2D eigenvalue weighted by Crippen LogP contribution is -2.33. The Labute approximate surface area is 158 Å². The summed E-state index contributed by atoms with van der Waals surface area (Å²) < 4.78 is 5.45. The summed E-state index contributed by atoms with van der Waals surface area (Å²) in [4.78, 5) is 31.9. The molecule has 2 N–H and O–H groups in total. The number of piperidine rings is 1. The SMILES string of the molecule is COc1nc2c(cc1CNC(=O)C1[C@H]3CNC[C@@H]13)C(=O)N(C1CCCC1)C2. The number of nitrogens with one attached hydrogen (secondary N) is 2. The summed E-state index contributed by atoms with van der Waals surface area (Å²) in [5.74, 6) is 1.81. The van der Waals surface area contributed by atoms with Crippen LogP contribution >= 0.6 is 0 Å². The number of hydrogen-bond acceptors (Lipinski definition) is 5. The van der Waals surface area contributed by atoms with Crippen LogP contribution in [0.2, 0.25) is 0 Å². The number of fused-ring (bicyclic) bond motifs is 2. The lowest BCUT2D eigenvalue weighted by molar-refractivity contribution is -0.123. The zero-order chi connectivity index (χ0) is 18.5. The molecule has 27 heavy (non-hydrogen) atoms. The maximum Gasteiger partial charge on any atom is 0.256 e. The van der Waals surface area contributed by atoms with Crippen molar-refractivity contribution in [3.05, 3.63) is 22.9 Å². The minimum Gasteiger partial charge on any atom is -0.481 e. The van der Waals surface area contributed by atoms with Crippen molar-refractivity contribution in [2.75, 3.05) is 20.2 Å². The Morgan fingerprint density at radius 1 is 1.33 bits per heavy atom. The summed E-state index contributed by atoms with van der Waals surface area (Å²) in [5.41, 5.74) is 2.23. The normalized spacial score (nSPS) is 29.0. The molecule has 4 aliphatic rings. The van der Waals surface area contributed by atoms with Gasteiger partial charge in [0.25, 0.3) is 5.91 Å². The third kappa shape index (κ3) is 2.79. The molecule has 2 aliphatic heterocycles. The van der Waals surface area contributed by atoms with Gasteiger partial charge in [-0.1, -0.05) is 12.8 Å². The molecule has 0 radical (unpaired) electrons. The maximum atomic E-state index is 12.9. The zero-order valence-electron chi connectivity index (χ0n) is 15.7. The van der Waals surface area contributed by atoms with Crippen LogP contribution in [0.3, 0.4) is 0 Å². The van der Waals surface area contributed by atoms with Crippen LogP contribution in [-0.4, -0.2) is 47.9 Å². The van der Waals surface area contributed by atoms with Gasteiger partial charge < -0.3 is 20.3 Å². The van der Waals surface area contributed by atoms with Crippen molar-refractivity contribution in [1.82, 2.24) is 20.5 Å². The quantitative estimate of drug-likeness (QED) is 0.810. The molecule has 3 heterocycles. The molecule has 144 valence electrons. The number of amides is 2. The van der Waals surface area contributed by atoms with Crippen molar-refractivity contribution in [2.24, 2.45) is 17.8 Å². The Balaban J connectivity index is 1.30. The highest BCUT2D eigenvalue weighted by molar-refractivity contribution is 5.98. The fourth-order valence-electron chi connectivity index (χ4n) is 5.19. The second-order valence-electron chi connectivity index (χ2n) is 8.25. The van der Waals surface area contributed by atoms with E-state index >= 15 is 0 Å². The topological polar surface area (TPSA) is 83.6 Å². The summed E-state index contributed by atoms with van der Waals surface area (Å²) in [6, 6.07) is 2.21. The summed E-state index contributed by atoms with van der Waals surface area (Å²) in [6.45, 7) is 2.80. The molecule has 7 heteroatoms. The third-order valence-electron chi connectivity index (χ3n) is 6.76. The van der Waals surface area contributed by atoms with Gasteiger partial charge in [-0.3, -0.25) is 9.59 Å². The molecule has 2 amide bonds. The first-order chi connectivity index (χ1) is 13.2. The van der Waals surface area contributed by atoms with Gasteiger partial charge in [-0.05, 0) is 43.8 Å². The van der Waals surface area contributed by atoms with Gasteiger partial charge >= 0.3 is 0 Å². The molecule has 1 aromatic heterocycles. The monoisotopic (exact) mass is 370 g/mol. The average Bonchev–Trinajstić information content (AvgIpc) is 3.14. The fourth-order valence-corrected chi connectivity index (χ4v) is 5.19. The first kappa shape index (κ1) is 17.0. The highest BCUT2D eigenvalue weighted by Crippen LogP contribution is 2.48. The van der Waals surface area contributed by atoms with Gasteiger partial charge in [0.2, 0.25) is 11.8 Å². The molecule has 0 aromatic carbocycles. The molecule has 1 unspecified atom stereocenters. The molecular formula is C20H26N4O3. The van der Waals surface area contributed by atoms with E-state index < -0.39 is 0 Å². The number of carbonyl (C=O) groups is 2. The number of methoxy groups -OCH3 is 1. The maximum absolute atomic E-state index is 12.9. The number of nitrogens with zero attached hydrogens (tertiary/aromatic N) is 2. The second-order valence-corrected chi connectivity index (χ2v) is 8.25. The van der Waals surface area contributed by atoms with Gasteiger partial charge in [0, 0.05) is 24.1 Å². The van der Waals surface area contributed by atoms with Gasteiger partial charge in [-0.2, -0.15) is 0 Å². The van der Waals surface area contributed by atoms with E-state index in [4.69, 9.17) is 4.74 Å². The average molecular weight is 370 g/mol. The fraction of sp³-hybridized carbons (Fsp3) is 0.650. The smallest absolute Gasteiger partial charge is 0.256 e. The number of carbonyl (C=O) groups excluding carboxylic acids is 2. The zero-order valence-corrected chi connectivity index (χ0v) is 15.7. The van der Waals surface area contributed by atoms with Crippen molar-refractivity contribution in [1.29, 1.82) is 0 Å². The summed E-state index contributed by atoms with van der Waals surface area (Å²) >= 11 is 0. The minimum atomic E-state index is 0.0717. The largest absolute Gasteiger partial charge is 0.481 e. The first-order valence-electron chi connectivity index (χ1n) is 10.0. The predicted molar refractivity (Wildman–Crippen MR) is 98.1 cm³/mol. The van der Waals surface area contributed by atoms with E-state index in [1.165, 1.54) is 12.8 Å². The lowest BCUT2D eigenvalue weighted by atomic mass is 10.1. The number of ether oxygens (including phenoxy) is 1. The highest BCUT2D eigenvalue weighted by atomic mass is 16.5. The predicted octanol–water partition coefficient (Wildman–Crippen LogP) is 1.07. The van der Waals surface area contributed by atoms with Gasteiger partial charge in [0.15, 0.2) is 0 Å². The molecule has 3 atom stereocenters. The van der Waals surface area contributed by atoms with Crippen molar-refractivity contribution in [3.63, 3.8) is 0 Å². The van der Waals surface area contributed by atoms with Crippen molar-refractivity contribution >= 4 is 11.8 Å². The van der Waals surface area contributed by atoms with E-state index in [-0.39, 0.29) is 17.7 Å². The van der Waals surface area contributed by atoms with Crippen LogP contribution < -0.4 is 15.4 Å². The van der Waals surface area contributed by atoms with E-state index in [1.54, 1.807) is 7.11 Å². The van der Waals surface area contributed by atoms with E-state index in [0.29, 0.717) is 42.4 Å². The van der Waals surface area contributed by atoms with E-state index in [2.05, 4.69) is 15.6 Å². The molecule has 0 bridgehead atoms. The van der Waals surface area contributed by atoms with Crippen LogP contribution in [0.1, 0.15) is 47.3 Å². The van der Waals surface area contributed by atoms with Crippen LogP contribution in [0.4, 0.5) is 0 Å². The summed E-state index contributed by atoms with van der Waals surface area (Å²) in [5, 5.41) is 6.33. The Morgan fingerprint density at radius 2 is 2.07 bits per heavy atom. The number of hydrogen-bond donors (Lipinski definition) is 2. The summed E-state index contributed by atoms with van der Waals surface area (Å²) in [6.07, 6.45) is 4.55. The number of aromatic nitrogens is 1. The highest BCUT2D eigenvalue weighted by Gasteiger charge is 2.56. The molecular weight excluding hydrogens is 344 g/mol. The molecule has 7 nitrogen and oxygen atoms in total.